The Kier molecular flexibility index (Phi) is 3.84. The first-order valence-electron chi connectivity index (χ1n) is 6.23. The first kappa shape index (κ1) is 13.5. The van der Waals surface area contributed by atoms with E-state index in [9.17, 15) is 8.78 Å². The second-order valence-electron chi connectivity index (χ2n) is 4.86. The highest BCUT2D eigenvalue weighted by Gasteiger charge is 2.07. The number of halogens is 2. The van der Waals surface area contributed by atoms with Gasteiger partial charge in [-0.1, -0.05) is 23.8 Å². The van der Waals surface area contributed by atoms with Crippen molar-refractivity contribution in [3.05, 3.63) is 64.2 Å². The van der Waals surface area contributed by atoms with Crippen LogP contribution in [0.15, 0.2) is 30.3 Å². The van der Waals surface area contributed by atoms with Crippen molar-refractivity contribution in [2.75, 3.05) is 5.32 Å². The molecule has 100 valence electrons. The van der Waals surface area contributed by atoms with Crippen molar-refractivity contribution in [2.45, 2.75) is 27.3 Å². The van der Waals surface area contributed by atoms with Gasteiger partial charge in [-0.25, -0.2) is 8.78 Å². The maximum Gasteiger partial charge on any atom is 0.146 e. The largest absolute Gasteiger partial charge is 0.379 e. The molecule has 0 bridgehead atoms. The van der Waals surface area contributed by atoms with Crippen LogP contribution < -0.4 is 5.32 Å². The van der Waals surface area contributed by atoms with Gasteiger partial charge in [-0.05, 0) is 43.5 Å². The van der Waals surface area contributed by atoms with Crippen molar-refractivity contribution in [2.24, 2.45) is 0 Å². The molecule has 0 aromatic heterocycles. The zero-order valence-electron chi connectivity index (χ0n) is 11.3. The summed E-state index contributed by atoms with van der Waals surface area (Å²) in [5.41, 5.74) is 3.88. The SMILES string of the molecule is Cc1ccc(C)c(CNc2cc(F)c(C)cc2F)c1. The van der Waals surface area contributed by atoms with Crippen LogP contribution in [0, 0.1) is 32.4 Å². The van der Waals surface area contributed by atoms with E-state index >= 15 is 0 Å². The molecular weight excluding hydrogens is 244 g/mol. The average molecular weight is 261 g/mol. The molecule has 0 unspecified atom stereocenters. The lowest BCUT2D eigenvalue weighted by Crippen LogP contribution is -2.04. The van der Waals surface area contributed by atoms with Crippen molar-refractivity contribution in [3.63, 3.8) is 0 Å². The topological polar surface area (TPSA) is 12.0 Å². The Labute approximate surface area is 112 Å². The molecule has 0 spiro atoms. The van der Waals surface area contributed by atoms with Crippen molar-refractivity contribution >= 4 is 5.69 Å². The molecule has 1 nitrogen and oxygen atoms in total. The summed E-state index contributed by atoms with van der Waals surface area (Å²) in [4.78, 5) is 0. The Balaban J connectivity index is 2.19. The quantitative estimate of drug-likeness (QED) is 0.857. The maximum atomic E-state index is 13.7. The van der Waals surface area contributed by atoms with Gasteiger partial charge in [-0.3, -0.25) is 0 Å². The molecule has 0 amide bonds. The number of rotatable bonds is 3. The summed E-state index contributed by atoms with van der Waals surface area (Å²) >= 11 is 0. The Morgan fingerprint density at radius 2 is 1.63 bits per heavy atom. The first-order chi connectivity index (χ1) is 8.97. The molecule has 19 heavy (non-hydrogen) atoms. The van der Waals surface area contributed by atoms with Gasteiger partial charge in [0.05, 0.1) is 5.69 Å². The third-order valence-electron chi connectivity index (χ3n) is 3.22. The second kappa shape index (κ2) is 5.39. The van der Waals surface area contributed by atoms with Gasteiger partial charge in [0.15, 0.2) is 0 Å². The Morgan fingerprint density at radius 3 is 2.37 bits per heavy atom. The molecule has 0 saturated heterocycles. The van der Waals surface area contributed by atoms with Crippen LogP contribution in [-0.2, 0) is 6.54 Å². The minimum absolute atomic E-state index is 0.198. The van der Waals surface area contributed by atoms with Gasteiger partial charge < -0.3 is 5.32 Å². The molecule has 0 aliphatic heterocycles. The fourth-order valence-electron chi connectivity index (χ4n) is 1.96. The first-order valence-corrected chi connectivity index (χ1v) is 6.23. The average Bonchev–Trinajstić information content (AvgIpc) is 2.36. The fraction of sp³-hybridized carbons (Fsp3) is 0.250. The Hall–Kier alpha value is -1.90. The molecule has 3 heteroatoms. The van der Waals surface area contributed by atoms with Crippen LogP contribution in [0.25, 0.3) is 0 Å². The summed E-state index contributed by atoms with van der Waals surface area (Å²) in [6, 6.07) is 8.52. The van der Waals surface area contributed by atoms with Crippen LogP contribution in [0.5, 0.6) is 0 Å². The van der Waals surface area contributed by atoms with Gasteiger partial charge in [0, 0.05) is 12.6 Å². The predicted molar refractivity (Wildman–Crippen MR) is 74.3 cm³/mol. The monoisotopic (exact) mass is 261 g/mol. The van der Waals surface area contributed by atoms with Gasteiger partial charge in [-0.2, -0.15) is 0 Å². The van der Waals surface area contributed by atoms with Crippen molar-refractivity contribution in [1.29, 1.82) is 0 Å². The van der Waals surface area contributed by atoms with Crippen LogP contribution in [0.1, 0.15) is 22.3 Å². The lowest BCUT2D eigenvalue weighted by molar-refractivity contribution is 0.594. The highest BCUT2D eigenvalue weighted by atomic mass is 19.1. The number of hydrogen-bond acceptors (Lipinski definition) is 1. The van der Waals surface area contributed by atoms with Gasteiger partial charge >= 0.3 is 0 Å². The summed E-state index contributed by atoms with van der Waals surface area (Å²) < 4.78 is 27.1. The Morgan fingerprint density at radius 1 is 0.895 bits per heavy atom. The number of anilines is 1. The molecule has 2 aromatic carbocycles. The molecule has 0 saturated carbocycles. The van der Waals surface area contributed by atoms with E-state index in [1.165, 1.54) is 12.1 Å². The predicted octanol–water partition coefficient (Wildman–Crippen LogP) is 4.50. The standard InChI is InChI=1S/C16H17F2N/c1-10-4-5-11(2)13(6-10)9-19-16-8-14(17)12(3)7-15(16)18/h4-8,19H,9H2,1-3H3. The summed E-state index contributed by atoms with van der Waals surface area (Å²) in [6.45, 7) is 6.04. The smallest absolute Gasteiger partial charge is 0.146 e. The van der Waals surface area contributed by atoms with E-state index in [1.54, 1.807) is 6.92 Å². The molecule has 2 rings (SSSR count). The maximum absolute atomic E-state index is 13.7. The lowest BCUT2D eigenvalue weighted by atomic mass is 10.1. The van der Waals surface area contributed by atoms with Gasteiger partial charge in [-0.15, -0.1) is 0 Å². The van der Waals surface area contributed by atoms with E-state index in [0.29, 0.717) is 12.1 Å². The molecule has 0 aliphatic rings. The normalized spacial score (nSPS) is 10.6. The van der Waals surface area contributed by atoms with Gasteiger partial charge in [0.25, 0.3) is 0 Å². The molecule has 0 atom stereocenters. The van der Waals surface area contributed by atoms with E-state index < -0.39 is 11.6 Å². The third-order valence-corrected chi connectivity index (χ3v) is 3.22. The van der Waals surface area contributed by atoms with Crippen molar-refractivity contribution in [3.8, 4) is 0 Å². The number of hydrogen-bond donors (Lipinski definition) is 1. The summed E-state index contributed by atoms with van der Waals surface area (Å²) in [7, 11) is 0. The van der Waals surface area contributed by atoms with E-state index in [2.05, 4.69) is 5.32 Å². The lowest BCUT2D eigenvalue weighted by Gasteiger charge is -2.11. The van der Waals surface area contributed by atoms with E-state index in [1.807, 2.05) is 32.0 Å². The summed E-state index contributed by atoms with van der Waals surface area (Å²) in [6.07, 6.45) is 0. The van der Waals surface area contributed by atoms with E-state index in [0.717, 1.165) is 16.7 Å². The molecule has 2 aromatic rings. The summed E-state index contributed by atoms with van der Waals surface area (Å²) in [5.74, 6) is -0.825. The van der Waals surface area contributed by atoms with Crippen molar-refractivity contribution in [1.82, 2.24) is 0 Å². The van der Waals surface area contributed by atoms with Crippen molar-refractivity contribution < 1.29 is 8.78 Å². The van der Waals surface area contributed by atoms with Crippen LogP contribution in [0.4, 0.5) is 14.5 Å². The van der Waals surface area contributed by atoms with Crippen LogP contribution in [-0.4, -0.2) is 0 Å². The van der Waals surface area contributed by atoms with Crippen LogP contribution >= 0.6 is 0 Å². The molecular formula is C16H17F2N. The van der Waals surface area contributed by atoms with Crippen LogP contribution in [0.3, 0.4) is 0 Å². The molecule has 0 aliphatic carbocycles. The van der Waals surface area contributed by atoms with Crippen LogP contribution in [0.2, 0.25) is 0 Å². The Bertz CT molecular complexity index is 606. The third kappa shape index (κ3) is 3.11. The minimum Gasteiger partial charge on any atom is -0.379 e. The number of nitrogens with one attached hydrogen (secondary N) is 1. The molecule has 1 N–H and O–H groups in total. The van der Waals surface area contributed by atoms with Gasteiger partial charge in [0.2, 0.25) is 0 Å². The minimum atomic E-state index is -0.427. The molecule has 0 radical (unpaired) electrons. The van der Waals surface area contributed by atoms with E-state index in [-0.39, 0.29) is 5.69 Å². The highest BCUT2D eigenvalue weighted by molar-refractivity contribution is 5.48. The number of aryl methyl sites for hydroxylation is 3. The van der Waals surface area contributed by atoms with Gasteiger partial charge in [0.1, 0.15) is 11.6 Å². The van der Waals surface area contributed by atoms with E-state index in [4.69, 9.17) is 0 Å². The zero-order valence-corrected chi connectivity index (χ0v) is 11.3. The second-order valence-corrected chi connectivity index (χ2v) is 4.86. The fourth-order valence-corrected chi connectivity index (χ4v) is 1.96. The summed E-state index contributed by atoms with van der Waals surface area (Å²) in [5, 5.41) is 2.95. The number of benzene rings is 2. The molecule has 0 heterocycles. The zero-order chi connectivity index (χ0) is 14.0. The molecule has 0 fully saturated rings. The highest BCUT2D eigenvalue weighted by Crippen LogP contribution is 2.20.